The van der Waals surface area contributed by atoms with Crippen molar-refractivity contribution in [3.63, 3.8) is 0 Å². The second-order valence-corrected chi connectivity index (χ2v) is 6.60. The van der Waals surface area contributed by atoms with Crippen LogP contribution in [0.3, 0.4) is 0 Å². The second kappa shape index (κ2) is 7.71. The molecule has 0 aromatic carbocycles. The highest BCUT2D eigenvalue weighted by molar-refractivity contribution is 7.09. The summed E-state index contributed by atoms with van der Waals surface area (Å²) >= 11 is 1.43. The Morgan fingerprint density at radius 3 is 2.92 bits per heavy atom. The van der Waals surface area contributed by atoms with Crippen LogP contribution < -0.4 is 10.2 Å². The van der Waals surface area contributed by atoms with E-state index in [4.69, 9.17) is 4.74 Å². The zero-order valence-corrected chi connectivity index (χ0v) is 14.8. The van der Waals surface area contributed by atoms with E-state index in [1.54, 1.807) is 31.2 Å². The van der Waals surface area contributed by atoms with Gasteiger partial charge in [-0.1, -0.05) is 0 Å². The lowest BCUT2D eigenvalue weighted by atomic mass is 10.1. The van der Waals surface area contributed by atoms with Crippen molar-refractivity contribution >= 4 is 22.6 Å². The van der Waals surface area contributed by atoms with Crippen LogP contribution in [0, 0.1) is 0 Å². The molecule has 1 fully saturated rings. The minimum atomic E-state index is -0.0562. The second-order valence-electron chi connectivity index (χ2n) is 5.87. The molecule has 0 unspecified atom stereocenters. The van der Waals surface area contributed by atoms with Gasteiger partial charge in [0, 0.05) is 57.4 Å². The average molecular weight is 350 g/mol. The third-order valence-corrected chi connectivity index (χ3v) is 4.87. The van der Waals surface area contributed by atoms with Gasteiger partial charge in [-0.05, 0) is 12.8 Å². The number of anilines is 1. The van der Waals surface area contributed by atoms with Gasteiger partial charge in [-0.15, -0.1) is 0 Å². The van der Waals surface area contributed by atoms with E-state index < -0.39 is 0 Å². The van der Waals surface area contributed by atoms with E-state index >= 15 is 0 Å². The third kappa shape index (κ3) is 4.09. The smallest absolute Gasteiger partial charge is 0.254 e. The van der Waals surface area contributed by atoms with Crippen molar-refractivity contribution in [2.24, 2.45) is 7.05 Å². The molecule has 1 N–H and O–H groups in total. The van der Waals surface area contributed by atoms with Gasteiger partial charge < -0.3 is 15.0 Å². The number of amides is 1. The Labute approximate surface area is 145 Å². The first-order valence-corrected chi connectivity index (χ1v) is 8.79. The van der Waals surface area contributed by atoms with Gasteiger partial charge in [0.25, 0.3) is 5.91 Å². The molecule has 24 heavy (non-hydrogen) atoms. The van der Waals surface area contributed by atoms with Gasteiger partial charge in [0.2, 0.25) is 5.13 Å². The van der Waals surface area contributed by atoms with E-state index in [9.17, 15) is 4.79 Å². The minimum absolute atomic E-state index is 0.0562. The first kappa shape index (κ1) is 16.8. The number of nitrogens with one attached hydrogen (secondary N) is 1. The Kier molecular flexibility index (Phi) is 5.41. The number of methoxy groups -OCH3 is 1. The number of hydrogen-bond acceptors (Lipinski definition) is 7. The van der Waals surface area contributed by atoms with Crippen LogP contribution in [0.5, 0.6) is 0 Å². The summed E-state index contributed by atoms with van der Waals surface area (Å²) in [6.45, 7) is 2.38. The zero-order valence-electron chi connectivity index (χ0n) is 13.9. The van der Waals surface area contributed by atoms with Crippen LogP contribution in [0.2, 0.25) is 0 Å². The molecule has 1 aliphatic heterocycles. The summed E-state index contributed by atoms with van der Waals surface area (Å²) in [4.78, 5) is 19.0. The number of aromatic nitrogens is 4. The number of ether oxygens (including phenoxy) is 1. The molecule has 0 aliphatic carbocycles. The van der Waals surface area contributed by atoms with E-state index in [0.717, 1.165) is 43.3 Å². The maximum Gasteiger partial charge on any atom is 0.254 e. The predicted octanol–water partition coefficient (Wildman–Crippen LogP) is 0.859. The van der Waals surface area contributed by atoms with Crippen molar-refractivity contribution in [3.8, 4) is 0 Å². The van der Waals surface area contributed by atoms with Crippen molar-refractivity contribution in [2.75, 3.05) is 31.7 Å². The molecule has 2 aromatic heterocycles. The minimum Gasteiger partial charge on any atom is -0.384 e. The van der Waals surface area contributed by atoms with Crippen molar-refractivity contribution in [2.45, 2.75) is 25.3 Å². The van der Waals surface area contributed by atoms with Crippen molar-refractivity contribution in [3.05, 3.63) is 23.8 Å². The maximum atomic E-state index is 12.2. The molecular weight excluding hydrogens is 328 g/mol. The average Bonchev–Trinajstić information content (AvgIpc) is 3.23. The van der Waals surface area contributed by atoms with Crippen LogP contribution in [-0.4, -0.2) is 57.9 Å². The van der Waals surface area contributed by atoms with E-state index in [0.29, 0.717) is 12.2 Å². The number of carbonyl (C=O) groups is 1. The quantitative estimate of drug-likeness (QED) is 0.832. The third-order valence-electron chi connectivity index (χ3n) is 4.05. The fourth-order valence-corrected chi connectivity index (χ4v) is 3.45. The normalized spacial score (nSPS) is 15.7. The van der Waals surface area contributed by atoms with E-state index in [1.807, 2.05) is 0 Å². The Morgan fingerprint density at radius 2 is 2.25 bits per heavy atom. The van der Waals surface area contributed by atoms with E-state index in [2.05, 4.69) is 24.7 Å². The molecule has 0 bridgehead atoms. The lowest BCUT2D eigenvalue weighted by Crippen LogP contribution is -2.44. The fraction of sp³-hybridized carbons (Fsp3) is 0.600. The van der Waals surface area contributed by atoms with Crippen LogP contribution in [0.25, 0.3) is 0 Å². The van der Waals surface area contributed by atoms with Gasteiger partial charge in [-0.3, -0.25) is 9.48 Å². The van der Waals surface area contributed by atoms with Crippen molar-refractivity contribution < 1.29 is 9.53 Å². The monoisotopic (exact) mass is 350 g/mol. The van der Waals surface area contributed by atoms with Crippen LogP contribution in [-0.2, 0) is 18.2 Å². The first-order valence-electron chi connectivity index (χ1n) is 8.01. The molecule has 9 heteroatoms. The number of carbonyl (C=O) groups excluding carboxylic acids is 1. The van der Waals surface area contributed by atoms with E-state index in [1.165, 1.54) is 11.5 Å². The number of piperidine rings is 1. The van der Waals surface area contributed by atoms with Gasteiger partial charge in [0.05, 0.1) is 18.4 Å². The topological polar surface area (TPSA) is 85.2 Å². The number of aryl methyl sites for hydroxylation is 1. The van der Waals surface area contributed by atoms with Crippen molar-refractivity contribution in [1.29, 1.82) is 0 Å². The number of nitrogens with zero attached hydrogens (tertiary/aromatic N) is 5. The molecule has 3 rings (SSSR count). The summed E-state index contributed by atoms with van der Waals surface area (Å²) in [6, 6.07) is 0.190. The van der Waals surface area contributed by atoms with E-state index in [-0.39, 0.29) is 11.9 Å². The summed E-state index contributed by atoms with van der Waals surface area (Å²) in [7, 11) is 3.48. The summed E-state index contributed by atoms with van der Waals surface area (Å²) in [5.41, 5.74) is 0.604. The first-order chi connectivity index (χ1) is 11.7. The van der Waals surface area contributed by atoms with Crippen LogP contribution in [0.15, 0.2) is 12.4 Å². The summed E-state index contributed by atoms with van der Waals surface area (Å²) in [5.74, 6) is 0.781. The largest absolute Gasteiger partial charge is 0.384 e. The van der Waals surface area contributed by atoms with Crippen LogP contribution in [0.4, 0.5) is 5.13 Å². The Hall–Kier alpha value is -2.00. The molecule has 8 nitrogen and oxygen atoms in total. The van der Waals surface area contributed by atoms with Crippen LogP contribution >= 0.6 is 11.5 Å². The Morgan fingerprint density at radius 1 is 1.46 bits per heavy atom. The van der Waals surface area contributed by atoms with Gasteiger partial charge >= 0.3 is 0 Å². The Bertz CT molecular complexity index is 677. The molecule has 2 aromatic rings. The SMILES string of the molecule is COCCc1nsc(N2CCC(NC(=O)c3cnn(C)c3)CC2)n1. The number of hydrogen-bond donors (Lipinski definition) is 1. The molecule has 0 radical (unpaired) electrons. The van der Waals surface area contributed by atoms with Gasteiger partial charge in [0.15, 0.2) is 0 Å². The zero-order chi connectivity index (χ0) is 16.9. The van der Waals surface area contributed by atoms with Gasteiger partial charge in [0.1, 0.15) is 5.82 Å². The van der Waals surface area contributed by atoms with Crippen molar-refractivity contribution in [1.82, 2.24) is 24.5 Å². The predicted molar refractivity (Wildman–Crippen MR) is 91.4 cm³/mol. The van der Waals surface area contributed by atoms with Gasteiger partial charge in [-0.25, -0.2) is 4.98 Å². The molecule has 3 heterocycles. The Balaban J connectivity index is 1.48. The molecule has 130 valence electrons. The molecule has 1 aliphatic rings. The fourth-order valence-electron chi connectivity index (χ4n) is 2.69. The lowest BCUT2D eigenvalue weighted by Gasteiger charge is -2.31. The maximum absolute atomic E-state index is 12.2. The molecule has 0 saturated carbocycles. The highest BCUT2D eigenvalue weighted by Crippen LogP contribution is 2.22. The molecular formula is C15H22N6O2S. The lowest BCUT2D eigenvalue weighted by molar-refractivity contribution is 0.0931. The summed E-state index contributed by atoms with van der Waals surface area (Å²) in [5, 5.41) is 8.07. The summed E-state index contributed by atoms with van der Waals surface area (Å²) < 4.78 is 11.1. The molecule has 1 saturated heterocycles. The number of rotatable bonds is 6. The standard InChI is InChI=1S/C15H22N6O2S/c1-20-10-11(9-16-20)14(22)17-12-3-6-21(7-4-12)15-18-13(19-24-15)5-8-23-2/h9-10,12H,3-8H2,1-2H3,(H,17,22). The van der Waals surface area contributed by atoms with Gasteiger partial charge in [-0.2, -0.15) is 9.47 Å². The van der Waals surface area contributed by atoms with Crippen LogP contribution in [0.1, 0.15) is 29.0 Å². The molecule has 0 spiro atoms. The molecule has 1 amide bonds. The molecule has 0 atom stereocenters. The summed E-state index contributed by atoms with van der Waals surface area (Å²) in [6.07, 6.45) is 5.86. The highest BCUT2D eigenvalue weighted by atomic mass is 32.1. The highest BCUT2D eigenvalue weighted by Gasteiger charge is 2.23.